The Morgan fingerprint density at radius 2 is 2.11 bits per heavy atom. The second kappa shape index (κ2) is 4.96. The molecule has 1 aliphatic heterocycles. The van der Waals surface area contributed by atoms with Crippen molar-refractivity contribution in [2.45, 2.75) is 26.7 Å². The quantitative estimate of drug-likeness (QED) is 0.863. The first-order valence-corrected chi connectivity index (χ1v) is 6.82. The number of Topliss-reactive ketones (excluding diaryl/α,β-unsaturated/α-hetero) is 1. The molecule has 0 spiro atoms. The van der Waals surface area contributed by atoms with E-state index in [1.54, 1.807) is 19.9 Å². The van der Waals surface area contributed by atoms with Gasteiger partial charge in [0.1, 0.15) is 5.75 Å². The number of ether oxygens (including phenoxy) is 1. The van der Waals surface area contributed by atoms with Gasteiger partial charge in [0.25, 0.3) is 0 Å². The monoisotopic (exact) mass is 326 g/mol. The highest BCUT2D eigenvalue weighted by atomic mass is 79.9. The molecule has 0 radical (unpaired) electrons. The first-order valence-electron chi connectivity index (χ1n) is 6.03. The molecule has 0 aromatic heterocycles. The Labute approximate surface area is 119 Å². The molecule has 0 atom stereocenters. The van der Waals surface area contributed by atoms with Gasteiger partial charge in [-0.3, -0.25) is 9.59 Å². The molecule has 5 heteroatoms. The molecule has 1 heterocycles. The zero-order chi connectivity index (χ0) is 14.2. The van der Waals surface area contributed by atoms with Gasteiger partial charge in [-0.1, -0.05) is 15.9 Å². The summed E-state index contributed by atoms with van der Waals surface area (Å²) in [4.78, 5) is 23.4. The lowest BCUT2D eigenvalue weighted by molar-refractivity contribution is -0.146. The van der Waals surface area contributed by atoms with Gasteiger partial charge in [-0.15, -0.1) is 0 Å². The van der Waals surface area contributed by atoms with Gasteiger partial charge < -0.3 is 9.84 Å². The molecule has 0 aliphatic carbocycles. The van der Waals surface area contributed by atoms with Crippen molar-refractivity contribution < 1.29 is 19.4 Å². The Balaban J connectivity index is 2.33. The van der Waals surface area contributed by atoms with Crippen molar-refractivity contribution in [2.24, 2.45) is 5.41 Å². The number of halogens is 1. The van der Waals surface area contributed by atoms with Gasteiger partial charge in [-0.25, -0.2) is 0 Å². The van der Waals surface area contributed by atoms with Gasteiger partial charge in [0.15, 0.2) is 5.78 Å². The van der Waals surface area contributed by atoms with Gasteiger partial charge in [0.2, 0.25) is 0 Å². The summed E-state index contributed by atoms with van der Waals surface area (Å²) in [6, 6.07) is 3.63. The normalized spacial score (nSPS) is 13.8. The van der Waals surface area contributed by atoms with E-state index in [9.17, 15) is 9.59 Å². The SMILES string of the molecule is CC(C)(CC(=O)c1cc(Br)cc2c1OCC2)C(=O)O. The summed E-state index contributed by atoms with van der Waals surface area (Å²) in [5, 5.41) is 9.09. The molecule has 0 amide bonds. The second-order valence-electron chi connectivity index (χ2n) is 5.33. The number of carbonyl (C=O) groups is 2. The van der Waals surface area contributed by atoms with E-state index in [1.807, 2.05) is 6.07 Å². The fraction of sp³-hybridized carbons (Fsp3) is 0.429. The van der Waals surface area contributed by atoms with Crippen molar-refractivity contribution >= 4 is 27.7 Å². The summed E-state index contributed by atoms with van der Waals surface area (Å²) in [6.45, 7) is 3.66. The number of benzene rings is 1. The molecule has 4 nitrogen and oxygen atoms in total. The maximum Gasteiger partial charge on any atom is 0.309 e. The smallest absolute Gasteiger partial charge is 0.309 e. The van der Waals surface area contributed by atoms with E-state index in [2.05, 4.69) is 15.9 Å². The highest BCUT2D eigenvalue weighted by Gasteiger charge is 2.32. The number of hydrogen-bond donors (Lipinski definition) is 1. The van der Waals surface area contributed by atoms with Crippen molar-refractivity contribution in [3.05, 3.63) is 27.7 Å². The molecule has 1 N–H and O–H groups in total. The van der Waals surface area contributed by atoms with Crippen LogP contribution in [0.2, 0.25) is 0 Å². The Morgan fingerprint density at radius 3 is 2.74 bits per heavy atom. The third kappa shape index (κ3) is 2.81. The minimum absolute atomic E-state index is 0.0470. The van der Waals surface area contributed by atoms with Crippen LogP contribution in [0.5, 0.6) is 5.75 Å². The van der Waals surface area contributed by atoms with Crippen LogP contribution in [0.25, 0.3) is 0 Å². The molecule has 1 aromatic carbocycles. The van der Waals surface area contributed by atoms with Gasteiger partial charge in [0, 0.05) is 17.3 Å². The summed E-state index contributed by atoms with van der Waals surface area (Å²) in [5.74, 6) is -0.574. The molecule has 1 aromatic rings. The third-order valence-corrected chi connectivity index (χ3v) is 3.69. The Bertz CT molecular complexity index is 549. The van der Waals surface area contributed by atoms with Gasteiger partial charge in [-0.05, 0) is 31.5 Å². The highest BCUT2D eigenvalue weighted by molar-refractivity contribution is 9.10. The Morgan fingerprint density at radius 1 is 1.42 bits per heavy atom. The van der Waals surface area contributed by atoms with Crippen LogP contribution in [0.3, 0.4) is 0 Å². The molecule has 0 unspecified atom stereocenters. The number of ketones is 1. The van der Waals surface area contributed by atoms with E-state index in [0.29, 0.717) is 17.9 Å². The Hall–Kier alpha value is -1.36. The van der Waals surface area contributed by atoms with Crippen molar-refractivity contribution in [3.8, 4) is 5.75 Å². The highest BCUT2D eigenvalue weighted by Crippen LogP contribution is 2.35. The summed E-state index contributed by atoms with van der Waals surface area (Å²) in [7, 11) is 0. The number of fused-ring (bicyclic) bond motifs is 1. The van der Waals surface area contributed by atoms with E-state index < -0.39 is 11.4 Å². The van der Waals surface area contributed by atoms with Crippen LogP contribution in [0.15, 0.2) is 16.6 Å². The van der Waals surface area contributed by atoms with Crippen LogP contribution < -0.4 is 4.74 Å². The summed E-state index contributed by atoms with van der Waals surface area (Å²) < 4.78 is 6.30. The van der Waals surface area contributed by atoms with Crippen molar-refractivity contribution in [1.82, 2.24) is 0 Å². The van der Waals surface area contributed by atoms with Crippen LogP contribution in [-0.4, -0.2) is 23.5 Å². The molecule has 2 rings (SSSR count). The topological polar surface area (TPSA) is 63.6 Å². The molecular formula is C14H15BrO4. The molecule has 0 saturated carbocycles. The van der Waals surface area contributed by atoms with Gasteiger partial charge >= 0.3 is 5.97 Å². The van der Waals surface area contributed by atoms with Gasteiger partial charge in [0.05, 0.1) is 17.6 Å². The van der Waals surface area contributed by atoms with Crippen LogP contribution in [-0.2, 0) is 11.2 Å². The number of carboxylic acid groups (broad SMARTS) is 1. The van der Waals surface area contributed by atoms with E-state index in [4.69, 9.17) is 9.84 Å². The average molecular weight is 327 g/mol. The largest absolute Gasteiger partial charge is 0.492 e. The van der Waals surface area contributed by atoms with Crippen molar-refractivity contribution in [2.75, 3.05) is 6.61 Å². The van der Waals surface area contributed by atoms with Gasteiger partial charge in [-0.2, -0.15) is 0 Å². The number of aliphatic carboxylic acids is 1. The predicted molar refractivity (Wildman–Crippen MR) is 73.7 cm³/mol. The Kier molecular flexibility index (Phi) is 3.67. The third-order valence-electron chi connectivity index (χ3n) is 3.23. The second-order valence-corrected chi connectivity index (χ2v) is 6.24. The minimum atomic E-state index is -1.08. The number of carbonyl (C=O) groups excluding carboxylic acids is 1. The zero-order valence-corrected chi connectivity index (χ0v) is 12.4. The van der Waals surface area contributed by atoms with Crippen LogP contribution in [0, 0.1) is 5.41 Å². The molecule has 1 aliphatic rings. The molecule has 0 fully saturated rings. The lowest BCUT2D eigenvalue weighted by Crippen LogP contribution is -2.27. The lowest BCUT2D eigenvalue weighted by atomic mass is 9.85. The van der Waals surface area contributed by atoms with E-state index in [1.165, 1.54) is 0 Å². The van der Waals surface area contributed by atoms with E-state index in [0.717, 1.165) is 16.5 Å². The maximum atomic E-state index is 12.3. The number of carboxylic acids is 1. The predicted octanol–water partition coefficient (Wildman–Crippen LogP) is 3.07. The van der Waals surface area contributed by atoms with Crippen LogP contribution >= 0.6 is 15.9 Å². The fourth-order valence-corrected chi connectivity index (χ4v) is 2.55. The lowest BCUT2D eigenvalue weighted by Gasteiger charge is -2.18. The molecule has 102 valence electrons. The summed E-state index contributed by atoms with van der Waals surface area (Å²) in [6.07, 6.45) is 0.728. The molecule has 0 bridgehead atoms. The van der Waals surface area contributed by atoms with E-state index in [-0.39, 0.29) is 12.2 Å². The van der Waals surface area contributed by atoms with Crippen molar-refractivity contribution in [3.63, 3.8) is 0 Å². The first kappa shape index (κ1) is 14.1. The van der Waals surface area contributed by atoms with Crippen molar-refractivity contribution in [1.29, 1.82) is 0 Å². The molecule has 0 saturated heterocycles. The minimum Gasteiger partial charge on any atom is -0.492 e. The maximum absolute atomic E-state index is 12.3. The number of hydrogen-bond acceptors (Lipinski definition) is 3. The molecular weight excluding hydrogens is 312 g/mol. The average Bonchev–Trinajstić information content (AvgIpc) is 2.74. The summed E-state index contributed by atoms with van der Waals surface area (Å²) >= 11 is 3.37. The summed E-state index contributed by atoms with van der Waals surface area (Å²) in [5.41, 5.74) is 0.382. The first-order chi connectivity index (χ1) is 8.81. The number of rotatable bonds is 4. The molecule has 19 heavy (non-hydrogen) atoms. The fourth-order valence-electron chi connectivity index (χ4n) is 2.05. The van der Waals surface area contributed by atoms with E-state index >= 15 is 0 Å². The zero-order valence-electron chi connectivity index (χ0n) is 10.8. The van der Waals surface area contributed by atoms with Crippen LogP contribution in [0.4, 0.5) is 0 Å². The standard InChI is InChI=1S/C14H15BrO4/c1-14(2,13(17)18)7-11(16)10-6-9(15)5-8-3-4-19-12(8)10/h5-6H,3-4,7H2,1-2H3,(H,17,18). The van der Waals surface area contributed by atoms with Crippen LogP contribution in [0.1, 0.15) is 36.2 Å².